The summed E-state index contributed by atoms with van der Waals surface area (Å²) < 4.78 is 3.11. The van der Waals surface area contributed by atoms with E-state index in [0.717, 1.165) is 4.90 Å². The fraction of sp³-hybridized carbons (Fsp3) is 0.286. The van der Waals surface area contributed by atoms with Crippen molar-refractivity contribution < 1.29 is 0 Å². The molecule has 0 atom stereocenters. The van der Waals surface area contributed by atoms with Crippen molar-refractivity contribution in [3.05, 3.63) is 48.3 Å². The molecule has 0 aliphatic rings. The number of anilines is 1. The molecular weight excluding hydrogens is 242 g/mol. The third kappa shape index (κ3) is 3.47. The normalized spacial score (nSPS) is 11.3. The smallest absolute Gasteiger partial charge is 0.233 e. The molecule has 0 fully saturated rings. The third-order valence-corrected chi connectivity index (χ3v) is 3.34. The van der Waals surface area contributed by atoms with E-state index in [1.807, 2.05) is 0 Å². The number of benzene rings is 1. The lowest BCUT2D eigenvalue weighted by molar-refractivity contribution is 0.590. The first-order valence-corrected chi connectivity index (χ1v) is 6.68. The highest BCUT2D eigenvalue weighted by atomic mass is 32.2. The van der Waals surface area contributed by atoms with Crippen molar-refractivity contribution >= 4 is 17.9 Å². The monoisotopic (exact) mass is 259 g/mol. The van der Waals surface area contributed by atoms with Gasteiger partial charge in [-0.05, 0) is 41.1 Å². The summed E-state index contributed by atoms with van der Waals surface area (Å²) in [4.78, 5) is 9.36. The topological polar surface area (TPSA) is 37.8 Å². The first kappa shape index (κ1) is 12.9. The Labute approximate surface area is 112 Å². The molecule has 3 nitrogen and oxygen atoms in total. The Balaban J connectivity index is 1.99. The molecule has 0 saturated carbocycles. The van der Waals surface area contributed by atoms with Crippen LogP contribution in [0.25, 0.3) is 0 Å². The van der Waals surface area contributed by atoms with E-state index in [9.17, 15) is 0 Å². The molecule has 0 unspecified atom stereocenters. The molecule has 0 saturated heterocycles. The number of hydrogen-bond donors (Lipinski definition) is 1. The van der Waals surface area contributed by atoms with E-state index in [2.05, 4.69) is 59.7 Å². The molecular formula is C14H17N3S. The van der Waals surface area contributed by atoms with Gasteiger partial charge in [-0.25, -0.2) is 9.97 Å². The molecule has 18 heavy (non-hydrogen) atoms. The van der Waals surface area contributed by atoms with E-state index >= 15 is 0 Å². The van der Waals surface area contributed by atoms with Crippen molar-refractivity contribution in [2.45, 2.75) is 31.1 Å². The predicted molar refractivity (Wildman–Crippen MR) is 76.7 cm³/mol. The summed E-state index contributed by atoms with van der Waals surface area (Å²) in [5.41, 5.74) is 1.53. The molecule has 2 aromatic rings. The Hall–Kier alpha value is -1.55. The van der Waals surface area contributed by atoms with Crippen LogP contribution in [-0.2, 0) is 5.41 Å². The van der Waals surface area contributed by atoms with E-state index in [1.54, 1.807) is 18.5 Å². The maximum absolute atomic E-state index is 4.11. The Kier molecular flexibility index (Phi) is 3.87. The molecule has 94 valence electrons. The van der Waals surface area contributed by atoms with Crippen LogP contribution in [0.5, 0.6) is 0 Å². The van der Waals surface area contributed by atoms with Gasteiger partial charge in [0.15, 0.2) is 0 Å². The minimum atomic E-state index is 0.194. The van der Waals surface area contributed by atoms with Crippen molar-refractivity contribution in [2.75, 3.05) is 4.72 Å². The van der Waals surface area contributed by atoms with Crippen LogP contribution in [0.1, 0.15) is 26.3 Å². The lowest BCUT2D eigenvalue weighted by atomic mass is 9.87. The standard InChI is InChI=1S/C14H17N3S/c1-14(2,3)11-5-7-12(8-6-11)18-17-13-15-9-4-10-16-13/h4-10H,1-3H3,(H,15,16,17). The van der Waals surface area contributed by atoms with Gasteiger partial charge < -0.3 is 0 Å². The van der Waals surface area contributed by atoms with E-state index < -0.39 is 0 Å². The summed E-state index contributed by atoms with van der Waals surface area (Å²) in [6, 6.07) is 10.3. The Morgan fingerprint density at radius 1 is 1.00 bits per heavy atom. The molecule has 0 aliphatic carbocycles. The zero-order chi connectivity index (χ0) is 13.0. The quantitative estimate of drug-likeness (QED) is 0.848. The SMILES string of the molecule is CC(C)(C)c1ccc(SNc2ncccn2)cc1. The Morgan fingerprint density at radius 2 is 1.61 bits per heavy atom. The number of aromatic nitrogens is 2. The second-order valence-electron chi connectivity index (χ2n) is 5.05. The highest BCUT2D eigenvalue weighted by Crippen LogP contribution is 2.25. The van der Waals surface area contributed by atoms with E-state index in [0.29, 0.717) is 5.95 Å². The minimum absolute atomic E-state index is 0.194. The van der Waals surface area contributed by atoms with Crippen molar-refractivity contribution in [3.8, 4) is 0 Å². The van der Waals surface area contributed by atoms with Gasteiger partial charge in [-0.1, -0.05) is 32.9 Å². The second kappa shape index (κ2) is 5.40. The van der Waals surface area contributed by atoms with Crippen molar-refractivity contribution in [1.29, 1.82) is 0 Å². The van der Waals surface area contributed by atoms with Gasteiger partial charge in [-0.2, -0.15) is 0 Å². The molecule has 0 radical (unpaired) electrons. The Morgan fingerprint density at radius 3 is 2.17 bits per heavy atom. The molecule has 1 heterocycles. The lowest BCUT2D eigenvalue weighted by Gasteiger charge is -2.19. The highest BCUT2D eigenvalue weighted by molar-refractivity contribution is 8.00. The number of nitrogens with one attached hydrogen (secondary N) is 1. The molecule has 0 bridgehead atoms. The van der Waals surface area contributed by atoms with Gasteiger partial charge in [0, 0.05) is 17.3 Å². The summed E-state index contributed by atoms with van der Waals surface area (Å²) in [6.45, 7) is 6.64. The van der Waals surface area contributed by atoms with Crippen LogP contribution in [-0.4, -0.2) is 9.97 Å². The molecule has 2 rings (SSSR count). The molecule has 0 amide bonds. The fourth-order valence-corrected chi connectivity index (χ4v) is 2.07. The molecule has 0 aliphatic heterocycles. The van der Waals surface area contributed by atoms with Gasteiger partial charge in [0.05, 0.1) is 0 Å². The van der Waals surface area contributed by atoms with Crippen molar-refractivity contribution in [1.82, 2.24) is 9.97 Å². The van der Waals surface area contributed by atoms with E-state index in [1.165, 1.54) is 17.5 Å². The van der Waals surface area contributed by atoms with Crippen molar-refractivity contribution in [2.24, 2.45) is 0 Å². The van der Waals surface area contributed by atoms with Gasteiger partial charge >= 0.3 is 0 Å². The zero-order valence-corrected chi connectivity index (χ0v) is 11.7. The summed E-state index contributed by atoms with van der Waals surface area (Å²) in [7, 11) is 0. The molecule has 4 heteroatoms. The third-order valence-electron chi connectivity index (χ3n) is 2.55. The van der Waals surface area contributed by atoms with Crippen LogP contribution in [0.4, 0.5) is 5.95 Å². The lowest BCUT2D eigenvalue weighted by Crippen LogP contribution is -2.10. The summed E-state index contributed by atoms with van der Waals surface area (Å²) >= 11 is 1.52. The fourth-order valence-electron chi connectivity index (χ4n) is 1.48. The summed E-state index contributed by atoms with van der Waals surface area (Å²) in [5.74, 6) is 0.627. The average Bonchev–Trinajstić information content (AvgIpc) is 2.37. The maximum atomic E-state index is 4.11. The number of rotatable bonds is 3. The molecule has 0 spiro atoms. The number of nitrogens with zero attached hydrogens (tertiary/aromatic N) is 2. The van der Waals surface area contributed by atoms with Gasteiger partial charge in [0.2, 0.25) is 5.95 Å². The zero-order valence-electron chi connectivity index (χ0n) is 10.8. The van der Waals surface area contributed by atoms with Crippen molar-refractivity contribution in [3.63, 3.8) is 0 Å². The van der Waals surface area contributed by atoms with Crippen LogP contribution >= 0.6 is 11.9 Å². The molecule has 1 N–H and O–H groups in total. The van der Waals surface area contributed by atoms with Crippen LogP contribution in [0, 0.1) is 0 Å². The summed E-state index contributed by atoms with van der Waals surface area (Å²) in [5, 5.41) is 0. The predicted octanol–water partition coefficient (Wildman–Crippen LogP) is 3.89. The van der Waals surface area contributed by atoms with E-state index in [4.69, 9.17) is 0 Å². The van der Waals surface area contributed by atoms with Gasteiger partial charge in [0.1, 0.15) is 0 Å². The average molecular weight is 259 g/mol. The number of hydrogen-bond acceptors (Lipinski definition) is 4. The molecule has 1 aromatic heterocycles. The van der Waals surface area contributed by atoms with Crippen LogP contribution < -0.4 is 4.72 Å². The summed E-state index contributed by atoms with van der Waals surface area (Å²) in [6.07, 6.45) is 3.44. The minimum Gasteiger partial charge on any atom is -0.294 e. The van der Waals surface area contributed by atoms with Gasteiger partial charge in [0.25, 0.3) is 0 Å². The van der Waals surface area contributed by atoms with Crippen LogP contribution in [0.15, 0.2) is 47.6 Å². The maximum Gasteiger partial charge on any atom is 0.233 e. The van der Waals surface area contributed by atoms with Crippen LogP contribution in [0.3, 0.4) is 0 Å². The van der Waals surface area contributed by atoms with Gasteiger partial charge in [-0.15, -0.1) is 0 Å². The van der Waals surface area contributed by atoms with Gasteiger partial charge in [-0.3, -0.25) is 4.72 Å². The molecule has 1 aromatic carbocycles. The van der Waals surface area contributed by atoms with E-state index in [-0.39, 0.29) is 5.41 Å². The first-order chi connectivity index (χ1) is 8.55. The first-order valence-electron chi connectivity index (χ1n) is 5.86. The second-order valence-corrected chi connectivity index (χ2v) is 5.93. The Bertz CT molecular complexity index is 489. The van der Waals surface area contributed by atoms with Crippen LogP contribution in [0.2, 0.25) is 0 Å². The highest BCUT2D eigenvalue weighted by Gasteiger charge is 2.12. The largest absolute Gasteiger partial charge is 0.294 e.